The maximum Gasteiger partial charge on any atom is 0.288 e. The molecule has 0 saturated carbocycles. The fourth-order valence-corrected chi connectivity index (χ4v) is 2.21. The van der Waals surface area contributed by atoms with E-state index in [0.29, 0.717) is 0 Å². The molecule has 2 rings (SSSR count). The molecule has 25 heavy (non-hydrogen) atoms. The minimum atomic E-state index is -0.775. The molecular weight excluding hydrogens is 372 g/mol. The van der Waals surface area contributed by atoms with Crippen LogP contribution in [0.1, 0.15) is 5.56 Å². The van der Waals surface area contributed by atoms with Gasteiger partial charge in [0, 0.05) is 11.8 Å². The van der Waals surface area contributed by atoms with E-state index in [9.17, 15) is 19.3 Å². The summed E-state index contributed by atoms with van der Waals surface area (Å²) < 4.78 is 13.1. The third-order valence-corrected chi connectivity index (χ3v) is 3.63. The predicted octanol–water partition coefficient (Wildman–Crippen LogP) is 4.59. The van der Waals surface area contributed by atoms with Crippen LogP contribution >= 0.6 is 23.2 Å². The Labute approximate surface area is 151 Å². The van der Waals surface area contributed by atoms with Crippen LogP contribution in [0.3, 0.4) is 0 Å². The van der Waals surface area contributed by atoms with Gasteiger partial charge in [-0.05, 0) is 35.9 Å². The molecule has 0 aliphatic carbocycles. The number of nitro benzene ring substituents is 1. The van der Waals surface area contributed by atoms with E-state index >= 15 is 0 Å². The minimum Gasteiger partial charge on any atom is -0.321 e. The summed E-state index contributed by atoms with van der Waals surface area (Å²) in [6.45, 7) is 0. The quantitative estimate of drug-likeness (QED) is 0.363. The number of hydrogen-bond donors (Lipinski definition) is 1. The smallest absolute Gasteiger partial charge is 0.288 e. The van der Waals surface area contributed by atoms with Gasteiger partial charge in [0.05, 0.1) is 9.95 Å². The molecule has 9 heteroatoms. The lowest BCUT2D eigenvalue weighted by atomic mass is 10.1. The molecule has 0 heterocycles. The van der Waals surface area contributed by atoms with E-state index in [0.717, 1.165) is 12.1 Å². The Morgan fingerprint density at radius 2 is 1.96 bits per heavy atom. The number of halogens is 3. The van der Waals surface area contributed by atoms with Crippen LogP contribution in [0.2, 0.25) is 10.0 Å². The Morgan fingerprint density at radius 3 is 2.56 bits per heavy atom. The first-order valence-corrected chi connectivity index (χ1v) is 7.39. The predicted molar refractivity (Wildman–Crippen MR) is 91.7 cm³/mol. The van der Waals surface area contributed by atoms with Crippen molar-refractivity contribution >= 4 is 46.6 Å². The zero-order valence-corrected chi connectivity index (χ0v) is 13.8. The molecular formula is C16H8Cl2FN3O3. The first-order valence-electron chi connectivity index (χ1n) is 6.64. The van der Waals surface area contributed by atoms with Gasteiger partial charge in [-0.1, -0.05) is 29.3 Å². The number of rotatable bonds is 4. The van der Waals surface area contributed by atoms with Crippen molar-refractivity contribution in [3.05, 3.63) is 73.5 Å². The molecule has 1 amide bonds. The van der Waals surface area contributed by atoms with Crippen LogP contribution in [0.15, 0.2) is 42.0 Å². The van der Waals surface area contributed by atoms with Gasteiger partial charge in [0.15, 0.2) is 0 Å². The highest BCUT2D eigenvalue weighted by molar-refractivity contribution is 6.32. The second kappa shape index (κ2) is 7.75. The summed E-state index contributed by atoms with van der Waals surface area (Å²) in [5.41, 5.74) is -0.213. The Morgan fingerprint density at radius 1 is 1.24 bits per heavy atom. The third-order valence-electron chi connectivity index (χ3n) is 3.02. The number of amides is 1. The van der Waals surface area contributed by atoms with Crippen molar-refractivity contribution in [3.8, 4) is 6.07 Å². The van der Waals surface area contributed by atoms with E-state index in [4.69, 9.17) is 28.5 Å². The zero-order valence-electron chi connectivity index (χ0n) is 12.3. The highest BCUT2D eigenvalue weighted by atomic mass is 35.5. The minimum absolute atomic E-state index is 0.0638. The molecule has 0 radical (unpaired) electrons. The average Bonchev–Trinajstić information content (AvgIpc) is 2.57. The number of nitrogens with zero attached hydrogens (tertiary/aromatic N) is 2. The van der Waals surface area contributed by atoms with Crippen molar-refractivity contribution in [1.29, 1.82) is 5.26 Å². The first kappa shape index (κ1) is 18.4. The van der Waals surface area contributed by atoms with Gasteiger partial charge in [-0.2, -0.15) is 5.26 Å². The highest BCUT2D eigenvalue weighted by Gasteiger charge is 2.14. The van der Waals surface area contributed by atoms with Gasteiger partial charge in [-0.25, -0.2) is 4.39 Å². The van der Waals surface area contributed by atoms with Gasteiger partial charge in [-0.3, -0.25) is 14.9 Å². The second-order valence-electron chi connectivity index (χ2n) is 4.72. The topological polar surface area (TPSA) is 96.0 Å². The summed E-state index contributed by atoms with van der Waals surface area (Å²) in [4.78, 5) is 22.3. The lowest BCUT2D eigenvalue weighted by Crippen LogP contribution is -2.13. The number of nitriles is 1. The average molecular weight is 380 g/mol. The summed E-state index contributed by atoms with van der Waals surface area (Å²) in [5.74, 6) is -1.42. The normalized spacial score (nSPS) is 10.9. The molecule has 0 aliphatic heterocycles. The van der Waals surface area contributed by atoms with Crippen molar-refractivity contribution in [1.82, 2.24) is 0 Å². The largest absolute Gasteiger partial charge is 0.321 e. The van der Waals surface area contributed by atoms with E-state index in [1.54, 1.807) is 6.07 Å². The third kappa shape index (κ3) is 4.53. The van der Waals surface area contributed by atoms with E-state index < -0.39 is 16.6 Å². The van der Waals surface area contributed by atoms with E-state index in [1.165, 1.54) is 30.3 Å². The van der Waals surface area contributed by atoms with Crippen LogP contribution in [0.25, 0.3) is 6.08 Å². The lowest BCUT2D eigenvalue weighted by molar-refractivity contribution is -0.384. The lowest BCUT2D eigenvalue weighted by Gasteiger charge is -2.05. The molecule has 0 bridgehead atoms. The molecule has 0 spiro atoms. The monoisotopic (exact) mass is 379 g/mol. The molecule has 0 unspecified atom stereocenters. The Hall–Kier alpha value is -2.95. The molecule has 2 aromatic rings. The summed E-state index contributed by atoms with van der Waals surface area (Å²) in [7, 11) is 0. The number of anilines is 1. The number of benzene rings is 2. The number of hydrogen-bond acceptors (Lipinski definition) is 4. The van der Waals surface area contributed by atoms with Gasteiger partial charge in [0.2, 0.25) is 0 Å². The van der Waals surface area contributed by atoms with E-state index in [-0.39, 0.29) is 32.6 Å². The van der Waals surface area contributed by atoms with Crippen LogP contribution < -0.4 is 5.32 Å². The van der Waals surface area contributed by atoms with Gasteiger partial charge in [0.1, 0.15) is 22.5 Å². The maximum atomic E-state index is 13.1. The van der Waals surface area contributed by atoms with E-state index in [1.807, 2.05) is 0 Å². The van der Waals surface area contributed by atoms with Crippen LogP contribution in [0, 0.1) is 27.3 Å². The highest BCUT2D eigenvalue weighted by Crippen LogP contribution is 2.26. The summed E-state index contributed by atoms with van der Waals surface area (Å²) in [5, 5.41) is 22.2. The Kier molecular flexibility index (Phi) is 5.70. The van der Waals surface area contributed by atoms with Gasteiger partial charge < -0.3 is 5.32 Å². The summed E-state index contributed by atoms with van der Waals surface area (Å²) >= 11 is 11.3. The number of carbonyl (C=O) groups is 1. The van der Waals surface area contributed by atoms with Gasteiger partial charge in [0.25, 0.3) is 11.6 Å². The molecule has 0 fully saturated rings. The number of carbonyl (C=O) groups excluding carboxylic acids is 1. The van der Waals surface area contributed by atoms with Crippen LogP contribution in [0.4, 0.5) is 15.8 Å². The van der Waals surface area contributed by atoms with Crippen molar-refractivity contribution < 1.29 is 14.1 Å². The molecule has 1 N–H and O–H groups in total. The van der Waals surface area contributed by atoms with Crippen LogP contribution in [-0.2, 0) is 4.79 Å². The molecule has 0 aliphatic rings. The first-order chi connectivity index (χ1) is 11.8. The van der Waals surface area contributed by atoms with Crippen molar-refractivity contribution in [3.63, 3.8) is 0 Å². The molecule has 0 aromatic heterocycles. The van der Waals surface area contributed by atoms with Crippen LogP contribution in [0.5, 0.6) is 0 Å². The Bertz CT molecular complexity index is 939. The van der Waals surface area contributed by atoms with E-state index in [2.05, 4.69) is 5.32 Å². The standard InChI is InChI=1S/C16H8Cl2FN3O3/c17-12-3-1-9(6-15(12)22(24)25)5-10(8-20)16(23)21-11-2-4-14(19)13(18)7-11/h1-7H,(H,21,23)/b10-5+. The summed E-state index contributed by atoms with van der Waals surface area (Å²) in [6, 6.07) is 9.09. The maximum absolute atomic E-state index is 13.1. The van der Waals surface area contributed by atoms with Crippen molar-refractivity contribution in [2.45, 2.75) is 0 Å². The molecule has 6 nitrogen and oxygen atoms in total. The SMILES string of the molecule is N#C/C(=C\c1ccc(Cl)c([N+](=O)[O-])c1)C(=O)Nc1ccc(F)c(Cl)c1. The van der Waals surface area contributed by atoms with Crippen molar-refractivity contribution in [2.24, 2.45) is 0 Å². The Balaban J connectivity index is 2.29. The van der Waals surface area contributed by atoms with Crippen molar-refractivity contribution in [2.75, 3.05) is 5.32 Å². The molecule has 126 valence electrons. The zero-order chi connectivity index (χ0) is 18.6. The summed E-state index contributed by atoms with van der Waals surface area (Å²) in [6.07, 6.45) is 1.17. The number of nitro groups is 1. The van der Waals surface area contributed by atoms with Gasteiger partial charge >= 0.3 is 0 Å². The molecule has 0 saturated heterocycles. The number of nitrogens with one attached hydrogen (secondary N) is 1. The fourth-order valence-electron chi connectivity index (χ4n) is 1.85. The fraction of sp³-hybridized carbons (Fsp3) is 0. The molecule has 2 aromatic carbocycles. The van der Waals surface area contributed by atoms with Gasteiger partial charge in [-0.15, -0.1) is 0 Å². The second-order valence-corrected chi connectivity index (χ2v) is 5.54. The van der Waals surface area contributed by atoms with Crippen LogP contribution in [-0.4, -0.2) is 10.8 Å². The molecule has 0 atom stereocenters.